The van der Waals surface area contributed by atoms with Gasteiger partial charge in [-0.15, -0.1) is 0 Å². The molecule has 0 spiro atoms. The monoisotopic (exact) mass is 212 g/mol. The van der Waals surface area contributed by atoms with Crippen LogP contribution in [0.15, 0.2) is 0 Å². The number of hydrogen-bond donors (Lipinski definition) is 1. The fourth-order valence-electron chi connectivity index (χ4n) is 2.45. The number of hydrogen-bond acceptors (Lipinski definition) is 2. The number of Topliss-reactive ketones (excluding diaryl/α,β-unsaturated/α-hetero) is 1. The smallest absolute Gasteiger partial charge is 0.136 e. The topological polar surface area (TPSA) is 37.3 Å². The molecule has 3 unspecified atom stereocenters. The van der Waals surface area contributed by atoms with Gasteiger partial charge in [0, 0.05) is 12.3 Å². The molecule has 1 aliphatic carbocycles. The van der Waals surface area contributed by atoms with Crippen molar-refractivity contribution in [3.8, 4) is 0 Å². The van der Waals surface area contributed by atoms with E-state index in [9.17, 15) is 9.90 Å². The molecule has 1 rings (SSSR count). The van der Waals surface area contributed by atoms with Gasteiger partial charge in [0.2, 0.25) is 0 Å². The normalized spacial score (nSPS) is 31.3. The van der Waals surface area contributed by atoms with E-state index in [0.29, 0.717) is 18.1 Å². The molecule has 1 saturated carbocycles. The Bertz CT molecular complexity index is 221. The first kappa shape index (κ1) is 12.7. The zero-order valence-electron chi connectivity index (χ0n) is 10.3. The summed E-state index contributed by atoms with van der Waals surface area (Å²) in [6, 6.07) is 0. The maximum absolute atomic E-state index is 11.7. The molecule has 0 bridgehead atoms. The summed E-state index contributed by atoms with van der Waals surface area (Å²) in [5, 5.41) is 10.00. The highest BCUT2D eigenvalue weighted by Crippen LogP contribution is 2.34. The number of carbonyl (C=O) groups is 1. The van der Waals surface area contributed by atoms with Gasteiger partial charge in [-0.25, -0.2) is 0 Å². The van der Waals surface area contributed by atoms with Crippen LogP contribution in [-0.2, 0) is 4.79 Å². The van der Waals surface area contributed by atoms with Gasteiger partial charge in [-0.3, -0.25) is 4.79 Å². The van der Waals surface area contributed by atoms with Gasteiger partial charge in [-0.05, 0) is 38.5 Å². The average Bonchev–Trinajstić information content (AvgIpc) is 2.21. The molecule has 15 heavy (non-hydrogen) atoms. The highest BCUT2D eigenvalue weighted by atomic mass is 16.3. The average molecular weight is 212 g/mol. The predicted molar refractivity (Wildman–Crippen MR) is 61.7 cm³/mol. The molecule has 0 amide bonds. The summed E-state index contributed by atoms with van der Waals surface area (Å²) in [7, 11) is 0. The van der Waals surface area contributed by atoms with Crippen LogP contribution in [0.4, 0.5) is 0 Å². The molecular weight excluding hydrogens is 188 g/mol. The molecule has 1 fully saturated rings. The molecule has 0 heterocycles. The zero-order chi connectivity index (χ0) is 11.5. The van der Waals surface area contributed by atoms with E-state index in [1.165, 1.54) is 0 Å². The molecular formula is C13H24O2. The third-order valence-corrected chi connectivity index (χ3v) is 3.90. The van der Waals surface area contributed by atoms with Gasteiger partial charge in [-0.1, -0.05) is 20.3 Å². The van der Waals surface area contributed by atoms with Crippen LogP contribution in [0.5, 0.6) is 0 Å². The third kappa shape index (κ3) is 3.60. The lowest BCUT2D eigenvalue weighted by Gasteiger charge is -2.32. The molecule has 3 atom stereocenters. The molecule has 1 N–H and O–H groups in total. The Morgan fingerprint density at radius 2 is 2.13 bits per heavy atom. The second kappa shape index (κ2) is 5.11. The highest BCUT2D eigenvalue weighted by molar-refractivity contribution is 5.81. The van der Waals surface area contributed by atoms with Gasteiger partial charge in [0.25, 0.3) is 0 Å². The summed E-state index contributed by atoms with van der Waals surface area (Å²) >= 11 is 0. The summed E-state index contributed by atoms with van der Waals surface area (Å²) in [4.78, 5) is 11.7. The van der Waals surface area contributed by atoms with Crippen LogP contribution >= 0.6 is 0 Å². The van der Waals surface area contributed by atoms with Crippen LogP contribution < -0.4 is 0 Å². The van der Waals surface area contributed by atoms with Crippen LogP contribution in [0.2, 0.25) is 0 Å². The first-order valence-electron chi connectivity index (χ1n) is 6.23. The summed E-state index contributed by atoms with van der Waals surface area (Å²) in [6.07, 6.45) is 5.32. The first-order chi connectivity index (χ1) is 6.98. The van der Waals surface area contributed by atoms with Gasteiger partial charge >= 0.3 is 0 Å². The maximum Gasteiger partial charge on any atom is 0.136 e. The minimum Gasteiger partial charge on any atom is -0.390 e. The van der Waals surface area contributed by atoms with E-state index in [2.05, 4.69) is 6.92 Å². The summed E-state index contributed by atoms with van der Waals surface area (Å²) in [5.74, 6) is 1.17. The van der Waals surface area contributed by atoms with Crippen molar-refractivity contribution in [1.82, 2.24) is 0 Å². The van der Waals surface area contributed by atoms with E-state index in [1.807, 2.05) is 13.8 Å². The Labute approximate surface area is 93.1 Å². The van der Waals surface area contributed by atoms with E-state index in [-0.39, 0.29) is 5.92 Å². The quantitative estimate of drug-likeness (QED) is 0.778. The highest BCUT2D eigenvalue weighted by Gasteiger charge is 2.32. The van der Waals surface area contributed by atoms with Crippen LogP contribution in [0.25, 0.3) is 0 Å². The van der Waals surface area contributed by atoms with Crippen LogP contribution in [0.1, 0.15) is 59.3 Å². The van der Waals surface area contributed by atoms with Crippen molar-refractivity contribution in [1.29, 1.82) is 0 Å². The van der Waals surface area contributed by atoms with E-state index in [0.717, 1.165) is 32.1 Å². The molecule has 0 radical (unpaired) electrons. The molecule has 88 valence electrons. The van der Waals surface area contributed by atoms with Crippen molar-refractivity contribution < 1.29 is 9.90 Å². The second-order valence-electron chi connectivity index (χ2n) is 5.27. The molecule has 0 aromatic carbocycles. The SMILES string of the molecule is CCC1CCC(=O)C(CC(C)(O)CC)C1. The van der Waals surface area contributed by atoms with Gasteiger partial charge in [0.05, 0.1) is 5.60 Å². The first-order valence-corrected chi connectivity index (χ1v) is 6.23. The number of rotatable bonds is 4. The van der Waals surface area contributed by atoms with Gasteiger partial charge < -0.3 is 5.11 Å². The Hall–Kier alpha value is -0.370. The molecule has 0 aromatic rings. The Balaban J connectivity index is 2.55. The van der Waals surface area contributed by atoms with Crippen LogP contribution in [0.3, 0.4) is 0 Å². The lowest BCUT2D eigenvalue weighted by molar-refractivity contribution is -0.128. The number of carbonyl (C=O) groups excluding carboxylic acids is 1. The largest absolute Gasteiger partial charge is 0.390 e. The van der Waals surface area contributed by atoms with Crippen molar-refractivity contribution in [2.24, 2.45) is 11.8 Å². The van der Waals surface area contributed by atoms with Gasteiger partial charge in [0.15, 0.2) is 0 Å². The predicted octanol–water partition coefficient (Wildman–Crippen LogP) is 2.93. The minimum absolute atomic E-state index is 0.110. The zero-order valence-corrected chi connectivity index (χ0v) is 10.3. The summed E-state index contributed by atoms with van der Waals surface area (Å²) < 4.78 is 0. The van der Waals surface area contributed by atoms with E-state index < -0.39 is 5.60 Å². The van der Waals surface area contributed by atoms with Crippen molar-refractivity contribution >= 4 is 5.78 Å². The van der Waals surface area contributed by atoms with Crippen molar-refractivity contribution in [3.05, 3.63) is 0 Å². The molecule has 2 heteroatoms. The van der Waals surface area contributed by atoms with E-state index in [4.69, 9.17) is 0 Å². The van der Waals surface area contributed by atoms with Crippen molar-refractivity contribution in [2.75, 3.05) is 0 Å². The van der Waals surface area contributed by atoms with Gasteiger partial charge in [-0.2, -0.15) is 0 Å². The maximum atomic E-state index is 11.7. The number of ketones is 1. The third-order valence-electron chi connectivity index (χ3n) is 3.90. The Morgan fingerprint density at radius 3 is 2.67 bits per heavy atom. The number of aliphatic hydroxyl groups is 1. The molecule has 0 saturated heterocycles. The minimum atomic E-state index is -0.657. The lowest BCUT2D eigenvalue weighted by atomic mass is 9.74. The standard InChI is InChI=1S/C13H24O2/c1-4-10-6-7-12(14)11(8-10)9-13(3,15)5-2/h10-11,15H,4-9H2,1-3H3. The molecule has 0 aliphatic heterocycles. The summed E-state index contributed by atoms with van der Waals surface area (Å²) in [5.41, 5.74) is -0.657. The van der Waals surface area contributed by atoms with Gasteiger partial charge in [0.1, 0.15) is 5.78 Å². The fraction of sp³-hybridized carbons (Fsp3) is 0.923. The Kier molecular flexibility index (Phi) is 4.32. The fourth-order valence-corrected chi connectivity index (χ4v) is 2.45. The molecule has 2 nitrogen and oxygen atoms in total. The van der Waals surface area contributed by atoms with Crippen molar-refractivity contribution in [3.63, 3.8) is 0 Å². The van der Waals surface area contributed by atoms with Crippen LogP contribution in [0, 0.1) is 11.8 Å². The lowest BCUT2D eigenvalue weighted by Crippen LogP contribution is -2.33. The Morgan fingerprint density at radius 1 is 1.47 bits per heavy atom. The van der Waals surface area contributed by atoms with E-state index in [1.54, 1.807) is 0 Å². The second-order valence-corrected chi connectivity index (χ2v) is 5.27. The van der Waals surface area contributed by atoms with E-state index >= 15 is 0 Å². The van der Waals surface area contributed by atoms with Crippen molar-refractivity contribution in [2.45, 2.75) is 64.9 Å². The summed E-state index contributed by atoms with van der Waals surface area (Å²) in [6.45, 7) is 6.01. The van der Waals surface area contributed by atoms with Crippen LogP contribution in [-0.4, -0.2) is 16.5 Å². The molecule has 1 aliphatic rings. The molecule has 0 aromatic heterocycles.